The van der Waals surface area contributed by atoms with Crippen LogP contribution in [0.15, 0.2) is 12.3 Å². The fourth-order valence-electron chi connectivity index (χ4n) is 1.46. The van der Waals surface area contributed by atoms with Crippen molar-refractivity contribution >= 4 is 11.7 Å². The van der Waals surface area contributed by atoms with Crippen molar-refractivity contribution in [3.05, 3.63) is 12.3 Å². The molecule has 0 radical (unpaired) electrons. The quantitative estimate of drug-likeness (QED) is 0.636. The molecule has 1 aromatic rings. The van der Waals surface area contributed by atoms with E-state index in [2.05, 4.69) is 5.10 Å². The molecule has 5 heteroatoms. The minimum absolute atomic E-state index is 0.0637. The van der Waals surface area contributed by atoms with Crippen LogP contribution in [-0.2, 0) is 11.8 Å². The number of β-amino-alcohol motifs (C(OH)–C–C–N with tert-alkyl or cyclic N) is 1. The number of anilines is 1. The average Bonchev–Trinajstić information content (AvgIpc) is 2.58. The van der Waals surface area contributed by atoms with Gasteiger partial charge in [-0.3, -0.25) is 14.4 Å². The zero-order valence-corrected chi connectivity index (χ0v) is 7.34. The number of carbonyl (C=O) groups excluding carboxylic acids is 1. The third-order valence-electron chi connectivity index (χ3n) is 2.08. The summed E-state index contributed by atoms with van der Waals surface area (Å²) < 4.78 is 1.63. The second-order valence-corrected chi connectivity index (χ2v) is 3.21. The number of aromatic nitrogens is 2. The van der Waals surface area contributed by atoms with Gasteiger partial charge in [0, 0.05) is 19.3 Å². The van der Waals surface area contributed by atoms with Crippen molar-refractivity contribution in [2.75, 3.05) is 11.4 Å². The molecule has 1 atom stereocenters. The van der Waals surface area contributed by atoms with E-state index in [-0.39, 0.29) is 12.3 Å². The first-order valence-electron chi connectivity index (χ1n) is 4.15. The van der Waals surface area contributed by atoms with Gasteiger partial charge in [0.1, 0.15) is 0 Å². The summed E-state index contributed by atoms with van der Waals surface area (Å²) in [4.78, 5) is 12.8. The zero-order chi connectivity index (χ0) is 9.42. The molecule has 1 aliphatic heterocycles. The summed E-state index contributed by atoms with van der Waals surface area (Å²) in [6.45, 7) is 0.357. The van der Waals surface area contributed by atoms with Crippen molar-refractivity contribution < 1.29 is 9.90 Å². The molecular formula is C8H11N3O2. The van der Waals surface area contributed by atoms with Crippen LogP contribution in [-0.4, -0.2) is 33.4 Å². The normalized spacial score (nSPS) is 22.8. The highest BCUT2D eigenvalue weighted by molar-refractivity contribution is 5.95. The predicted octanol–water partition coefficient (Wildman–Crippen LogP) is -0.482. The topological polar surface area (TPSA) is 58.4 Å². The van der Waals surface area contributed by atoms with Crippen molar-refractivity contribution in [2.45, 2.75) is 12.5 Å². The number of aryl methyl sites for hydroxylation is 1. The Balaban J connectivity index is 2.22. The molecule has 1 fully saturated rings. The molecule has 70 valence electrons. The average molecular weight is 181 g/mol. The van der Waals surface area contributed by atoms with Gasteiger partial charge in [-0.25, -0.2) is 0 Å². The van der Waals surface area contributed by atoms with Crippen LogP contribution in [0.25, 0.3) is 0 Å². The highest BCUT2D eigenvalue weighted by Gasteiger charge is 2.30. The number of hydrogen-bond acceptors (Lipinski definition) is 3. The number of rotatable bonds is 1. The molecule has 0 aromatic carbocycles. The SMILES string of the molecule is Cn1ccc(N2C[C@@H](O)CC2=O)n1. The lowest BCUT2D eigenvalue weighted by atomic mass is 10.3. The third-order valence-corrected chi connectivity index (χ3v) is 2.08. The lowest BCUT2D eigenvalue weighted by molar-refractivity contribution is -0.117. The number of hydrogen-bond donors (Lipinski definition) is 1. The van der Waals surface area contributed by atoms with Gasteiger partial charge in [0.25, 0.3) is 0 Å². The highest BCUT2D eigenvalue weighted by atomic mass is 16.3. The Kier molecular flexibility index (Phi) is 1.81. The summed E-state index contributed by atoms with van der Waals surface area (Å²) in [7, 11) is 1.79. The fraction of sp³-hybridized carbons (Fsp3) is 0.500. The largest absolute Gasteiger partial charge is 0.391 e. The molecule has 0 bridgehead atoms. The molecule has 0 unspecified atom stereocenters. The summed E-state index contributed by atoms with van der Waals surface area (Å²) >= 11 is 0. The van der Waals surface area contributed by atoms with E-state index < -0.39 is 6.10 Å². The number of amides is 1. The highest BCUT2D eigenvalue weighted by Crippen LogP contribution is 2.18. The molecule has 5 nitrogen and oxygen atoms in total. The van der Waals surface area contributed by atoms with E-state index in [1.165, 1.54) is 4.90 Å². The lowest BCUT2D eigenvalue weighted by Crippen LogP contribution is -2.25. The number of nitrogens with zero attached hydrogens (tertiary/aromatic N) is 3. The van der Waals surface area contributed by atoms with E-state index in [1.54, 1.807) is 24.0 Å². The Labute approximate surface area is 75.6 Å². The molecule has 0 saturated carbocycles. The summed E-state index contributed by atoms with van der Waals surface area (Å²) in [5, 5.41) is 13.3. The minimum atomic E-state index is -0.547. The van der Waals surface area contributed by atoms with E-state index in [0.29, 0.717) is 12.4 Å². The zero-order valence-electron chi connectivity index (χ0n) is 7.34. The van der Waals surface area contributed by atoms with Crippen molar-refractivity contribution in [3.63, 3.8) is 0 Å². The Morgan fingerprint density at radius 2 is 2.46 bits per heavy atom. The van der Waals surface area contributed by atoms with Gasteiger partial charge >= 0.3 is 0 Å². The standard InChI is InChI=1S/C8H11N3O2/c1-10-3-2-7(9-10)11-5-6(12)4-8(11)13/h2-3,6,12H,4-5H2,1H3/t6-/m0/s1. The maximum atomic E-state index is 11.3. The molecule has 1 aliphatic rings. The van der Waals surface area contributed by atoms with Gasteiger partial charge in [-0.1, -0.05) is 0 Å². The Morgan fingerprint density at radius 3 is 2.92 bits per heavy atom. The van der Waals surface area contributed by atoms with Crippen LogP contribution in [0.4, 0.5) is 5.82 Å². The van der Waals surface area contributed by atoms with Crippen LogP contribution >= 0.6 is 0 Å². The second kappa shape index (κ2) is 2.85. The number of aliphatic hydroxyl groups excluding tert-OH is 1. The Bertz CT molecular complexity index is 334. The molecule has 13 heavy (non-hydrogen) atoms. The number of aliphatic hydroxyl groups is 1. The smallest absolute Gasteiger partial charge is 0.230 e. The Morgan fingerprint density at radius 1 is 1.69 bits per heavy atom. The first-order chi connectivity index (χ1) is 6.16. The van der Waals surface area contributed by atoms with E-state index in [0.717, 1.165) is 0 Å². The monoisotopic (exact) mass is 181 g/mol. The number of carbonyl (C=O) groups is 1. The van der Waals surface area contributed by atoms with Crippen LogP contribution in [0.3, 0.4) is 0 Å². The van der Waals surface area contributed by atoms with Crippen molar-refractivity contribution in [1.82, 2.24) is 9.78 Å². The van der Waals surface area contributed by atoms with Gasteiger partial charge in [-0.2, -0.15) is 5.10 Å². The molecule has 1 amide bonds. The van der Waals surface area contributed by atoms with E-state index >= 15 is 0 Å². The fourth-order valence-corrected chi connectivity index (χ4v) is 1.46. The summed E-state index contributed by atoms with van der Waals surface area (Å²) in [5.41, 5.74) is 0. The Hall–Kier alpha value is -1.36. The predicted molar refractivity (Wildman–Crippen MR) is 46.2 cm³/mol. The summed E-state index contributed by atoms with van der Waals surface area (Å²) in [6, 6.07) is 1.76. The van der Waals surface area contributed by atoms with Crippen LogP contribution in [0.2, 0.25) is 0 Å². The van der Waals surface area contributed by atoms with E-state index in [9.17, 15) is 9.90 Å². The van der Waals surface area contributed by atoms with Crippen molar-refractivity contribution in [2.24, 2.45) is 7.05 Å². The van der Waals surface area contributed by atoms with Crippen LogP contribution in [0.1, 0.15) is 6.42 Å². The van der Waals surface area contributed by atoms with Crippen molar-refractivity contribution in [1.29, 1.82) is 0 Å². The molecule has 2 heterocycles. The molecule has 1 aromatic heterocycles. The van der Waals surface area contributed by atoms with Crippen LogP contribution in [0.5, 0.6) is 0 Å². The molecule has 2 rings (SSSR count). The van der Waals surface area contributed by atoms with E-state index in [4.69, 9.17) is 0 Å². The maximum absolute atomic E-state index is 11.3. The van der Waals surface area contributed by atoms with E-state index in [1.807, 2.05) is 0 Å². The summed E-state index contributed by atoms with van der Waals surface area (Å²) in [6.07, 6.45) is 1.43. The van der Waals surface area contributed by atoms with Gasteiger partial charge in [0.05, 0.1) is 19.1 Å². The molecular weight excluding hydrogens is 170 g/mol. The first kappa shape index (κ1) is 8.25. The van der Waals surface area contributed by atoms with Crippen LogP contribution < -0.4 is 4.90 Å². The van der Waals surface area contributed by atoms with Gasteiger partial charge in [0.15, 0.2) is 5.82 Å². The van der Waals surface area contributed by atoms with Crippen molar-refractivity contribution in [3.8, 4) is 0 Å². The lowest BCUT2D eigenvalue weighted by Gasteiger charge is -2.11. The molecule has 1 saturated heterocycles. The molecule has 1 N–H and O–H groups in total. The minimum Gasteiger partial charge on any atom is -0.391 e. The molecule has 0 spiro atoms. The van der Waals surface area contributed by atoms with Gasteiger partial charge in [0.2, 0.25) is 5.91 Å². The second-order valence-electron chi connectivity index (χ2n) is 3.21. The first-order valence-corrected chi connectivity index (χ1v) is 4.15. The van der Waals surface area contributed by atoms with Gasteiger partial charge in [-0.15, -0.1) is 0 Å². The molecule has 0 aliphatic carbocycles. The van der Waals surface area contributed by atoms with Crippen LogP contribution in [0, 0.1) is 0 Å². The maximum Gasteiger partial charge on any atom is 0.230 e. The third kappa shape index (κ3) is 1.42. The van der Waals surface area contributed by atoms with Gasteiger partial charge < -0.3 is 5.11 Å². The summed E-state index contributed by atoms with van der Waals surface area (Å²) in [5.74, 6) is 0.551. The van der Waals surface area contributed by atoms with Gasteiger partial charge in [-0.05, 0) is 0 Å².